The number of nitrogens with zero attached hydrogens (tertiary/aromatic N) is 1. The van der Waals surface area contributed by atoms with Crippen LogP contribution in [0, 0.1) is 18.3 Å². The topological polar surface area (TPSA) is 70.0 Å². The van der Waals surface area contributed by atoms with Crippen molar-refractivity contribution < 1.29 is 8.42 Å². The highest BCUT2D eigenvalue weighted by Gasteiger charge is 2.24. The van der Waals surface area contributed by atoms with Gasteiger partial charge in [0.15, 0.2) is 4.91 Å². The lowest BCUT2D eigenvalue weighted by atomic mass is 10.2. The molecule has 0 unspecified atom stereocenters. The van der Waals surface area contributed by atoms with E-state index in [1.54, 1.807) is 18.4 Å². The largest absolute Gasteiger partial charge is 0.349 e. The standard InChI is InChI=1S/C17H16N2O2S2/c1-13-8-10-15(11-9-13)23(20,21)16(12-18)17(22-2)19-14-6-4-3-5-7-14/h3-11,19H,1-2H3. The van der Waals surface area contributed by atoms with Crippen LogP contribution in [0.5, 0.6) is 0 Å². The highest BCUT2D eigenvalue weighted by atomic mass is 32.2. The highest BCUT2D eigenvalue weighted by molar-refractivity contribution is 8.04. The summed E-state index contributed by atoms with van der Waals surface area (Å²) >= 11 is 1.19. The molecule has 2 aromatic rings. The first-order valence-electron chi connectivity index (χ1n) is 6.81. The number of nitrogens with one attached hydrogen (secondary N) is 1. The number of anilines is 1. The molecule has 0 aliphatic carbocycles. The predicted molar refractivity (Wildman–Crippen MR) is 94.6 cm³/mol. The third-order valence-electron chi connectivity index (χ3n) is 3.14. The van der Waals surface area contributed by atoms with Crippen molar-refractivity contribution in [3.8, 4) is 6.07 Å². The smallest absolute Gasteiger partial charge is 0.219 e. The summed E-state index contributed by atoms with van der Waals surface area (Å²) in [5, 5.41) is 12.7. The van der Waals surface area contributed by atoms with Crippen LogP contribution in [0.1, 0.15) is 5.56 Å². The van der Waals surface area contributed by atoms with Gasteiger partial charge in [0.25, 0.3) is 0 Å². The maximum absolute atomic E-state index is 12.7. The lowest BCUT2D eigenvalue weighted by Crippen LogP contribution is -2.09. The zero-order valence-corrected chi connectivity index (χ0v) is 14.4. The molecule has 0 atom stereocenters. The first kappa shape index (κ1) is 17.1. The molecule has 0 saturated heterocycles. The van der Waals surface area contributed by atoms with Gasteiger partial charge >= 0.3 is 0 Å². The number of nitriles is 1. The summed E-state index contributed by atoms with van der Waals surface area (Å²) in [5.74, 6) is 0. The first-order valence-corrected chi connectivity index (χ1v) is 9.52. The number of sulfone groups is 1. The van der Waals surface area contributed by atoms with Gasteiger partial charge in [0.1, 0.15) is 11.1 Å². The van der Waals surface area contributed by atoms with E-state index in [0.717, 1.165) is 11.3 Å². The Morgan fingerprint density at radius 2 is 1.70 bits per heavy atom. The minimum absolute atomic E-state index is 0.112. The molecule has 0 spiro atoms. The molecule has 0 saturated carbocycles. The average Bonchev–Trinajstić information content (AvgIpc) is 2.55. The summed E-state index contributed by atoms with van der Waals surface area (Å²) in [4.78, 5) is -0.168. The molecule has 0 amide bonds. The Kier molecular flexibility index (Phi) is 5.48. The summed E-state index contributed by atoms with van der Waals surface area (Å²) in [5.41, 5.74) is 1.68. The van der Waals surface area contributed by atoms with E-state index < -0.39 is 9.84 Å². The summed E-state index contributed by atoms with van der Waals surface area (Å²) < 4.78 is 25.5. The van der Waals surface area contributed by atoms with E-state index >= 15 is 0 Å². The van der Waals surface area contributed by atoms with Crippen LogP contribution in [-0.2, 0) is 9.84 Å². The van der Waals surface area contributed by atoms with Crippen molar-refractivity contribution >= 4 is 27.3 Å². The van der Waals surface area contributed by atoms with E-state index in [1.165, 1.54) is 23.9 Å². The second-order valence-corrected chi connectivity index (χ2v) is 7.48. The third-order valence-corrected chi connectivity index (χ3v) is 5.71. The summed E-state index contributed by atoms with van der Waals surface area (Å²) in [6, 6.07) is 17.4. The Balaban J connectivity index is 2.50. The van der Waals surface area contributed by atoms with Crippen LogP contribution < -0.4 is 5.32 Å². The van der Waals surface area contributed by atoms with E-state index in [0.29, 0.717) is 5.03 Å². The third kappa shape index (κ3) is 3.95. The normalized spacial score (nSPS) is 12.2. The molecule has 0 aliphatic heterocycles. The van der Waals surface area contributed by atoms with Gasteiger partial charge in [-0.3, -0.25) is 0 Å². The summed E-state index contributed by atoms with van der Waals surface area (Å²) in [6.07, 6.45) is 1.73. The number of benzene rings is 2. The van der Waals surface area contributed by atoms with Crippen LogP contribution in [0.2, 0.25) is 0 Å². The fourth-order valence-electron chi connectivity index (χ4n) is 1.92. The molecular weight excluding hydrogens is 328 g/mol. The van der Waals surface area contributed by atoms with Crippen LogP contribution in [0.4, 0.5) is 5.69 Å². The predicted octanol–water partition coefficient (Wildman–Crippen LogP) is 3.94. The molecular formula is C17H16N2O2S2. The average molecular weight is 344 g/mol. The molecule has 0 fully saturated rings. The van der Waals surface area contributed by atoms with Crippen molar-refractivity contribution in [3.05, 3.63) is 70.1 Å². The molecule has 118 valence electrons. The van der Waals surface area contributed by atoms with Gasteiger partial charge in [-0.15, -0.1) is 11.8 Å². The van der Waals surface area contributed by atoms with Crippen LogP contribution in [-0.4, -0.2) is 14.7 Å². The molecule has 2 aromatic carbocycles. The fraction of sp³-hybridized carbons (Fsp3) is 0.118. The SMILES string of the molecule is CSC(Nc1ccccc1)=C(C#N)S(=O)(=O)c1ccc(C)cc1. The molecule has 0 bridgehead atoms. The van der Waals surface area contributed by atoms with Gasteiger partial charge in [-0.25, -0.2) is 8.42 Å². The van der Waals surface area contributed by atoms with Gasteiger partial charge in [0, 0.05) is 5.69 Å². The fourth-order valence-corrected chi connectivity index (χ4v) is 4.10. The zero-order valence-electron chi connectivity index (χ0n) is 12.8. The van der Waals surface area contributed by atoms with Gasteiger partial charge in [0.2, 0.25) is 9.84 Å². The van der Waals surface area contributed by atoms with Crippen molar-refractivity contribution in [2.45, 2.75) is 11.8 Å². The molecule has 2 rings (SSSR count). The van der Waals surface area contributed by atoms with Crippen molar-refractivity contribution in [2.24, 2.45) is 0 Å². The number of hydrogen-bond acceptors (Lipinski definition) is 5. The number of aryl methyl sites for hydroxylation is 1. The monoisotopic (exact) mass is 344 g/mol. The number of allylic oxidation sites excluding steroid dienone is 1. The van der Waals surface area contributed by atoms with E-state index in [1.807, 2.05) is 43.3 Å². The molecule has 0 radical (unpaired) electrons. The molecule has 0 aromatic heterocycles. The molecule has 4 nitrogen and oxygen atoms in total. The van der Waals surface area contributed by atoms with E-state index in [2.05, 4.69) is 5.32 Å². The van der Waals surface area contributed by atoms with Crippen LogP contribution in [0.3, 0.4) is 0 Å². The Bertz CT molecular complexity index is 850. The van der Waals surface area contributed by atoms with Gasteiger partial charge in [-0.1, -0.05) is 35.9 Å². The minimum atomic E-state index is -3.86. The van der Waals surface area contributed by atoms with Crippen molar-refractivity contribution in [2.75, 3.05) is 11.6 Å². The second kappa shape index (κ2) is 7.36. The van der Waals surface area contributed by atoms with Crippen molar-refractivity contribution in [3.63, 3.8) is 0 Å². The van der Waals surface area contributed by atoms with E-state index in [4.69, 9.17) is 0 Å². The zero-order chi connectivity index (χ0) is 16.9. The maximum Gasteiger partial charge on any atom is 0.219 e. The van der Waals surface area contributed by atoms with Crippen LogP contribution in [0.25, 0.3) is 0 Å². The minimum Gasteiger partial charge on any atom is -0.349 e. The van der Waals surface area contributed by atoms with E-state index in [9.17, 15) is 13.7 Å². The summed E-state index contributed by atoms with van der Waals surface area (Å²) in [6.45, 7) is 1.88. The molecule has 0 aliphatic rings. The maximum atomic E-state index is 12.7. The van der Waals surface area contributed by atoms with Crippen LogP contribution >= 0.6 is 11.8 Å². The number of rotatable bonds is 5. The van der Waals surface area contributed by atoms with Gasteiger partial charge in [-0.2, -0.15) is 5.26 Å². The molecule has 0 heterocycles. The number of para-hydroxylation sites is 1. The lowest BCUT2D eigenvalue weighted by molar-refractivity contribution is 0.603. The number of hydrogen-bond donors (Lipinski definition) is 1. The number of thioether (sulfide) groups is 1. The quantitative estimate of drug-likeness (QED) is 0.832. The Hall–Kier alpha value is -2.23. The van der Waals surface area contributed by atoms with Crippen LogP contribution in [0.15, 0.2) is 69.4 Å². The summed E-state index contributed by atoms with van der Waals surface area (Å²) in [7, 11) is -3.86. The molecule has 1 N–H and O–H groups in total. The first-order chi connectivity index (χ1) is 11.0. The Morgan fingerprint density at radius 1 is 1.09 bits per heavy atom. The molecule has 23 heavy (non-hydrogen) atoms. The van der Waals surface area contributed by atoms with Crippen molar-refractivity contribution in [1.29, 1.82) is 5.26 Å². The van der Waals surface area contributed by atoms with E-state index in [-0.39, 0.29) is 9.80 Å². The van der Waals surface area contributed by atoms with Gasteiger partial charge in [-0.05, 0) is 37.4 Å². The highest BCUT2D eigenvalue weighted by Crippen LogP contribution is 2.27. The Morgan fingerprint density at radius 3 is 2.22 bits per heavy atom. The van der Waals surface area contributed by atoms with Gasteiger partial charge < -0.3 is 5.32 Å². The van der Waals surface area contributed by atoms with Crippen molar-refractivity contribution in [1.82, 2.24) is 0 Å². The lowest BCUT2D eigenvalue weighted by Gasteiger charge is -2.12. The second-order valence-electron chi connectivity index (χ2n) is 4.78. The van der Waals surface area contributed by atoms with Gasteiger partial charge in [0.05, 0.1) is 4.90 Å². The molecule has 6 heteroatoms. The Labute approximate surface area is 140 Å².